The van der Waals surface area contributed by atoms with Gasteiger partial charge in [-0.15, -0.1) is 0 Å². The fraction of sp³-hybridized carbons (Fsp3) is 0.556. The zero-order chi connectivity index (χ0) is 18.9. The van der Waals surface area contributed by atoms with Crippen molar-refractivity contribution in [2.75, 3.05) is 34.4 Å². The van der Waals surface area contributed by atoms with E-state index in [1.807, 2.05) is 39.0 Å². The Balaban J connectivity index is 2.46. The van der Waals surface area contributed by atoms with Crippen LogP contribution in [0.5, 0.6) is 11.5 Å². The minimum Gasteiger partial charge on any atom is -0.497 e. The van der Waals surface area contributed by atoms with Crippen LogP contribution in [0.25, 0.3) is 0 Å². The predicted molar refractivity (Wildman–Crippen MR) is 100 cm³/mol. The number of nitrogens with zero attached hydrogens (tertiary/aromatic N) is 1. The molecule has 1 rings (SSSR count). The lowest BCUT2D eigenvalue weighted by Gasteiger charge is -2.18. The molecule has 7 nitrogen and oxygen atoms in total. The van der Waals surface area contributed by atoms with Crippen LogP contribution in [-0.4, -0.2) is 46.2 Å². The highest BCUT2D eigenvalue weighted by Gasteiger charge is 2.20. The number of hydrogen-bond acceptors (Lipinski definition) is 4. The van der Waals surface area contributed by atoms with Crippen molar-refractivity contribution in [2.24, 2.45) is 10.4 Å². The Hall–Kier alpha value is -2.44. The van der Waals surface area contributed by atoms with Crippen molar-refractivity contribution in [3.8, 4) is 11.5 Å². The second-order valence-electron chi connectivity index (χ2n) is 6.54. The van der Waals surface area contributed by atoms with Crippen LogP contribution in [0.3, 0.4) is 0 Å². The fourth-order valence-corrected chi connectivity index (χ4v) is 2.02. The number of carbonyl (C=O) groups excluding carboxylic acids is 1. The molecule has 0 saturated heterocycles. The van der Waals surface area contributed by atoms with E-state index in [2.05, 4.69) is 20.9 Å². The summed E-state index contributed by atoms with van der Waals surface area (Å²) in [6, 6.07) is 5.68. The summed E-state index contributed by atoms with van der Waals surface area (Å²) in [6.45, 7) is 7.33. The number of benzene rings is 1. The SMILES string of the molecule is CN=C(NCCNC(=O)C(C)(C)C)NCc1ccc(OC)cc1OC. The minimum atomic E-state index is -0.384. The molecule has 0 saturated carbocycles. The monoisotopic (exact) mass is 350 g/mol. The highest BCUT2D eigenvalue weighted by atomic mass is 16.5. The molecule has 0 radical (unpaired) electrons. The van der Waals surface area contributed by atoms with E-state index in [-0.39, 0.29) is 11.3 Å². The second-order valence-corrected chi connectivity index (χ2v) is 6.54. The van der Waals surface area contributed by atoms with Crippen molar-refractivity contribution >= 4 is 11.9 Å². The van der Waals surface area contributed by atoms with E-state index in [4.69, 9.17) is 9.47 Å². The molecule has 25 heavy (non-hydrogen) atoms. The molecule has 0 aliphatic rings. The first kappa shape index (κ1) is 20.6. The molecule has 0 aromatic heterocycles. The molecule has 3 N–H and O–H groups in total. The molecule has 0 bridgehead atoms. The summed E-state index contributed by atoms with van der Waals surface area (Å²) in [5.41, 5.74) is 0.609. The van der Waals surface area contributed by atoms with Crippen molar-refractivity contribution in [1.82, 2.24) is 16.0 Å². The number of hydrogen-bond donors (Lipinski definition) is 3. The first-order chi connectivity index (χ1) is 11.8. The van der Waals surface area contributed by atoms with Gasteiger partial charge >= 0.3 is 0 Å². The van der Waals surface area contributed by atoms with Crippen LogP contribution in [0.2, 0.25) is 0 Å². The molecule has 0 unspecified atom stereocenters. The van der Waals surface area contributed by atoms with Crippen molar-refractivity contribution < 1.29 is 14.3 Å². The number of aliphatic imine (C=N–C) groups is 1. The molecule has 0 aliphatic heterocycles. The molecule has 1 aromatic carbocycles. The van der Waals surface area contributed by atoms with Crippen LogP contribution in [0.15, 0.2) is 23.2 Å². The molecule has 0 fully saturated rings. The average molecular weight is 350 g/mol. The molecule has 0 spiro atoms. The third-order valence-electron chi connectivity index (χ3n) is 3.55. The predicted octanol–water partition coefficient (Wildman–Crippen LogP) is 1.53. The molecule has 0 atom stereocenters. The number of rotatable bonds is 7. The van der Waals surface area contributed by atoms with Gasteiger partial charge in [0.15, 0.2) is 5.96 Å². The number of guanidine groups is 1. The van der Waals surface area contributed by atoms with Crippen LogP contribution in [0.1, 0.15) is 26.3 Å². The summed E-state index contributed by atoms with van der Waals surface area (Å²) in [7, 11) is 4.95. The van der Waals surface area contributed by atoms with Gasteiger partial charge in [-0.2, -0.15) is 0 Å². The van der Waals surface area contributed by atoms with Crippen molar-refractivity contribution in [2.45, 2.75) is 27.3 Å². The zero-order valence-electron chi connectivity index (χ0n) is 16.0. The van der Waals surface area contributed by atoms with E-state index < -0.39 is 0 Å². The van der Waals surface area contributed by atoms with Crippen LogP contribution < -0.4 is 25.4 Å². The van der Waals surface area contributed by atoms with Gasteiger partial charge in [-0.25, -0.2) is 0 Å². The molecule has 0 heterocycles. The van der Waals surface area contributed by atoms with Crippen LogP contribution in [0, 0.1) is 5.41 Å². The minimum absolute atomic E-state index is 0.0280. The molecule has 1 amide bonds. The Labute approximate surface area is 150 Å². The van der Waals surface area contributed by atoms with E-state index >= 15 is 0 Å². The summed E-state index contributed by atoms with van der Waals surface area (Å²) in [6.07, 6.45) is 0. The average Bonchev–Trinajstić information content (AvgIpc) is 2.59. The standard InChI is InChI=1S/C18H30N4O3/c1-18(2,3)16(23)20-9-10-21-17(19-4)22-12-13-7-8-14(24-5)11-15(13)25-6/h7-8,11H,9-10,12H2,1-6H3,(H,20,23)(H2,19,21,22). The van der Waals surface area contributed by atoms with E-state index in [0.29, 0.717) is 25.6 Å². The normalized spacial score (nSPS) is 11.7. The Morgan fingerprint density at radius 1 is 1.08 bits per heavy atom. The van der Waals surface area contributed by atoms with Gasteiger partial charge in [-0.1, -0.05) is 20.8 Å². The Kier molecular flexibility index (Phi) is 8.04. The smallest absolute Gasteiger partial charge is 0.225 e. The van der Waals surface area contributed by atoms with Crippen LogP contribution >= 0.6 is 0 Å². The highest BCUT2D eigenvalue weighted by molar-refractivity contribution is 5.81. The van der Waals surface area contributed by atoms with Gasteiger partial charge < -0.3 is 25.4 Å². The van der Waals surface area contributed by atoms with Gasteiger partial charge in [-0.05, 0) is 12.1 Å². The Bertz CT molecular complexity index is 594. The lowest BCUT2D eigenvalue weighted by atomic mass is 9.96. The summed E-state index contributed by atoms with van der Waals surface area (Å²) < 4.78 is 10.6. The number of amides is 1. The van der Waals surface area contributed by atoms with Gasteiger partial charge in [0.1, 0.15) is 11.5 Å². The lowest BCUT2D eigenvalue weighted by molar-refractivity contribution is -0.128. The van der Waals surface area contributed by atoms with Gasteiger partial charge in [0, 0.05) is 43.7 Å². The summed E-state index contributed by atoms with van der Waals surface area (Å²) in [4.78, 5) is 16.0. The van der Waals surface area contributed by atoms with Crippen LogP contribution in [0.4, 0.5) is 0 Å². The summed E-state index contributed by atoms with van der Waals surface area (Å²) in [5, 5.41) is 9.28. The summed E-state index contributed by atoms with van der Waals surface area (Å²) in [5.74, 6) is 2.18. The maximum atomic E-state index is 11.8. The van der Waals surface area contributed by atoms with Gasteiger partial charge in [-0.3, -0.25) is 9.79 Å². The van der Waals surface area contributed by atoms with E-state index in [1.165, 1.54) is 0 Å². The Morgan fingerprint density at radius 3 is 2.32 bits per heavy atom. The Morgan fingerprint density at radius 2 is 1.76 bits per heavy atom. The first-order valence-electron chi connectivity index (χ1n) is 8.25. The third-order valence-corrected chi connectivity index (χ3v) is 3.55. The maximum absolute atomic E-state index is 11.8. The van der Waals surface area contributed by atoms with Gasteiger partial charge in [0.25, 0.3) is 0 Å². The topological polar surface area (TPSA) is 84.0 Å². The molecule has 1 aromatic rings. The largest absolute Gasteiger partial charge is 0.497 e. The number of methoxy groups -OCH3 is 2. The molecular formula is C18H30N4O3. The van der Waals surface area contributed by atoms with E-state index in [9.17, 15) is 4.79 Å². The van der Waals surface area contributed by atoms with E-state index in [1.54, 1.807) is 21.3 Å². The molecular weight excluding hydrogens is 320 g/mol. The van der Waals surface area contributed by atoms with Gasteiger partial charge in [0.2, 0.25) is 5.91 Å². The van der Waals surface area contributed by atoms with E-state index in [0.717, 1.165) is 17.1 Å². The third kappa shape index (κ3) is 6.91. The van der Waals surface area contributed by atoms with Gasteiger partial charge in [0.05, 0.1) is 14.2 Å². The number of carbonyl (C=O) groups is 1. The van der Waals surface area contributed by atoms with Crippen molar-refractivity contribution in [3.05, 3.63) is 23.8 Å². The summed E-state index contributed by atoms with van der Waals surface area (Å²) >= 11 is 0. The quantitative estimate of drug-likeness (QED) is 0.395. The first-order valence-corrected chi connectivity index (χ1v) is 8.25. The lowest BCUT2D eigenvalue weighted by Crippen LogP contribution is -2.43. The second kappa shape index (κ2) is 9.76. The van der Waals surface area contributed by atoms with Crippen molar-refractivity contribution in [1.29, 1.82) is 0 Å². The number of ether oxygens (including phenoxy) is 2. The maximum Gasteiger partial charge on any atom is 0.225 e. The van der Waals surface area contributed by atoms with Crippen LogP contribution in [-0.2, 0) is 11.3 Å². The molecule has 7 heteroatoms. The zero-order valence-corrected chi connectivity index (χ0v) is 16.0. The fourth-order valence-electron chi connectivity index (χ4n) is 2.02. The molecule has 0 aliphatic carbocycles. The highest BCUT2D eigenvalue weighted by Crippen LogP contribution is 2.24. The van der Waals surface area contributed by atoms with Crippen molar-refractivity contribution in [3.63, 3.8) is 0 Å². The number of nitrogens with one attached hydrogen (secondary N) is 3. The molecule has 140 valence electrons.